The molecule has 1 fully saturated rings. The van der Waals surface area contributed by atoms with Gasteiger partial charge in [0.25, 0.3) is 0 Å². The van der Waals surface area contributed by atoms with Gasteiger partial charge >= 0.3 is 0 Å². The number of hydrogen-bond donors (Lipinski definition) is 1. The fourth-order valence-corrected chi connectivity index (χ4v) is 5.95. The highest BCUT2D eigenvalue weighted by molar-refractivity contribution is 9.11. The molecule has 0 unspecified atom stereocenters. The van der Waals surface area contributed by atoms with E-state index in [2.05, 4.69) is 15.9 Å². The van der Waals surface area contributed by atoms with Gasteiger partial charge in [-0.2, -0.15) is 4.31 Å². The Labute approximate surface area is 114 Å². The number of hydrogen-bond acceptors (Lipinski definition) is 4. The van der Waals surface area contributed by atoms with Gasteiger partial charge in [-0.05, 0) is 47.8 Å². The van der Waals surface area contributed by atoms with Gasteiger partial charge in [0.2, 0.25) is 10.0 Å². The van der Waals surface area contributed by atoms with Crippen LogP contribution in [0.4, 0.5) is 0 Å². The number of nitrogens with zero attached hydrogens (tertiary/aromatic N) is 1. The van der Waals surface area contributed by atoms with Gasteiger partial charge in [-0.3, -0.25) is 0 Å². The average Bonchev–Trinajstić information content (AvgIpc) is 2.85. The van der Waals surface area contributed by atoms with Gasteiger partial charge in [0.15, 0.2) is 0 Å². The second-order valence-electron chi connectivity index (χ2n) is 4.22. The molecule has 0 radical (unpaired) electrons. The molecule has 1 saturated heterocycles. The Balaban J connectivity index is 2.28. The second-order valence-corrected chi connectivity index (χ2v) is 8.77. The van der Waals surface area contributed by atoms with Crippen molar-refractivity contribution in [1.82, 2.24) is 4.31 Å². The van der Waals surface area contributed by atoms with Crippen molar-refractivity contribution < 1.29 is 8.42 Å². The number of halogens is 1. The molecule has 2 N–H and O–H groups in total. The predicted octanol–water partition coefficient (Wildman–Crippen LogP) is 1.79. The Morgan fingerprint density at radius 1 is 1.65 bits per heavy atom. The summed E-state index contributed by atoms with van der Waals surface area (Å²) in [5.41, 5.74) is 5.59. The van der Waals surface area contributed by atoms with Gasteiger partial charge in [0.1, 0.15) is 0 Å². The highest BCUT2D eigenvalue weighted by Gasteiger charge is 2.33. The first-order chi connectivity index (χ1) is 7.95. The smallest absolute Gasteiger partial charge is 0.244 e. The maximum Gasteiger partial charge on any atom is 0.244 e. The van der Waals surface area contributed by atoms with Crippen molar-refractivity contribution in [3.8, 4) is 0 Å². The maximum atomic E-state index is 12.4. The van der Waals surface area contributed by atoms with Gasteiger partial charge in [-0.15, -0.1) is 11.3 Å². The minimum Gasteiger partial charge on any atom is -0.330 e. The van der Waals surface area contributed by atoms with Gasteiger partial charge in [0, 0.05) is 18.0 Å². The molecule has 0 bridgehead atoms. The SMILES string of the molecule is Cc1sc(Br)cc1S(=O)(=O)N1CC[C@H](CN)C1. The highest BCUT2D eigenvalue weighted by Crippen LogP contribution is 2.33. The lowest BCUT2D eigenvalue weighted by molar-refractivity contribution is 0.459. The minimum atomic E-state index is -3.33. The normalized spacial score (nSPS) is 22.2. The molecule has 0 aliphatic carbocycles. The zero-order valence-electron chi connectivity index (χ0n) is 9.52. The van der Waals surface area contributed by atoms with E-state index < -0.39 is 10.0 Å². The summed E-state index contributed by atoms with van der Waals surface area (Å²) in [5, 5.41) is 0. The van der Waals surface area contributed by atoms with Crippen molar-refractivity contribution in [2.75, 3.05) is 19.6 Å². The lowest BCUT2D eigenvalue weighted by Crippen LogP contribution is -2.30. The average molecular weight is 339 g/mol. The van der Waals surface area contributed by atoms with Crippen LogP contribution in [0.1, 0.15) is 11.3 Å². The van der Waals surface area contributed by atoms with Crippen LogP contribution >= 0.6 is 27.3 Å². The summed E-state index contributed by atoms with van der Waals surface area (Å²) in [6, 6.07) is 1.69. The lowest BCUT2D eigenvalue weighted by atomic mass is 10.1. The van der Waals surface area contributed by atoms with Crippen molar-refractivity contribution in [3.05, 3.63) is 14.7 Å². The number of thiophene rings is 1. The Morgan fingerprint density at radius 2 is 2.35 bits per heavy atom. The number of rotatable bonds is 3. The monoisotopic (exact) mass is 338 g/mol. The molecule has 17 heavy (non-hydrogen) atoms. The molecule has 1 atom stereocenters. The van der Waals surface area contributed by atoms with Crippen LogP contribution < -0.4 is 5.73 Å². The summed E-state index contributed by atoms with van der Waals surface area (Å²) in [7, 11) is -3.33. The van der Waals surface area contributed by atoms with Gasteiger partial charge in [0.05, 0.1) is 8.68 Å². The van der Waals surface area contributed by atoms with Gasteiger partial charge < -0.3 is 5.73 Å². The Bertz CT molecular complexity index is 512. The van der Waals surface area contributed by atoms with Crippen LogP contribution in [0.3, 0.4) is 0 Å². The van der Waals surface area contributed by atoms with Crippen LogP contribution in [0.2, 0.25) is 0 Å². The fraction of sp³-hybridized carbons (Fsp3) is 0.600. The lowest BCUT2D eigenvalue weighted by Gasteiger charge is -2.15. The van der Waals surface area contributed by atoms with Crippen molar-refractivity contribution in [2.24, 2.45) is 11.7 Å². The summed E-state index contributed by atoms with van der Waals surface area (Å²) in [4.78, 5) is 1.25. The maximum absolute atomic E-state index is 12.4. The zero-order valence-corrected chi connectivity index (χ0v) is 12.7. The molecule has 1 aromatic rings. The molecular weight excluding hydrogens is 324 g/mol. The first-order valence-corrected chi connectivity index (χ1v) is 8.46. The molecule has 0 spiro atoms. The van der Waals surface area contributed by atoms with Crippen LogP contribution in [0.5, 0.6) is 0 Å². The predicted molar refractivity (Wildman–Crippen MR) is 72.7 cm³/mol. The molecule has 2 rings (SSSR count). The minimum absolute atomic E-state index is 0.298. The highest BCUT2D eigenvalue weighted by atomic mass is 79.9. The number of sulfonamides is 1. The summed E-state index contributed by atoms with van der Waals surface area (Å²) in [5.74, 6) is 0.298. The topological polar surface area (TPSA) is 63.4 Å². The molecule has 0 amide bonds. The second kappa shape index (κ2) is 4.97. The quantitative estimate of drug-likeness (QED) is 0.913. The molecular formula is C10H15BrN2O2S2. The van der Waals surface area contributed by atoms with E-state index in [0.717, 1.165) is 15.1 Å². The summed E-state index contributed by atoms with van der Waals surface area (Å²) >= 11 is 4.77. The van der Waals surface area contributed by atoms with Crippen LogP contribution in [0.15, 0.2) is 14.7 Å². The third-order valence-electron chi connectivity index (χ3n) is 3.04. The number of aryl methyl sites for hydroxylation is 1. The van der Waals surface area contributed by atoms with E-state index in [0.29, 0.717) is 30.4 Å². The van der Waals surface area contributed by atoms with Crippen molar-refractivity contribution in [1.29, 1.82) is 0 Å². The van der Waals surface area contributed by atoms with Crippen LogP contribution in [0, 0.1) is 12.8 Å². The Morgan fingerprint density at radius 3 is 2.82 bits per heavy atom. The standard InChI is InChI=1S/C10H15BrN2O2S2/c1-7-9(4-10(11)16-7)17(14,15)13-3-2-8(5-12)6-13/h4,8H,2-3,5-6,12H2,1H3/t8-/m1/s1. The summed E-state index contributed by atoms with van der Waals surface area (Å²) < 4.78 is 27.2. The molecule has 0 aromatic carbocycles. The van der Waals surface area contributed by atoms with Crippen molar-refractivity contribution >= 4 is 37.3 Å². The van der Waals surface area contributed by atoms with E-state index in [9.17, 15) is 8.42 Å². The summed E-state index contributed by atoms with van der Waals surface area (Å²) in [6.07, 6.45) is 0.861. The molecule has 7 heteroatoms. The Kier molecular flexibility index (Phi) is 3.94. The third kappa shape index (κ3) is 2.58. The van der Waals surface area contributed by atoms with E-state index >= 15 is 0 Å². The molecule has 1 aromatic heterocycles. The molecule has 1 aliphatic rings. The first-order valence-electron chi connectivity index (χ1n) is 5.41. The third-order valence-corrected chi connectivity index (χ3v) is 6.72. The Hall–Kier alpha value is 0.0500. The van der Waals surface area contributed by atoms with Crippen molar-refractivity contribution in [2.45, 2.75) is 18.2 Å². The van der Waals surface area contributed by atoms with E-state index in [1.54, 1.807) is 10.4 Å². The van der Waals surface area contributed by atoms with Crippen LogP contribution in [0.25, 0.3) is 0 Å². The van der Waals surface area contributed by atoms with Gasteiger partial charge in [-0.25, -0.2) is 8.42 Å². The zero-order chi connectivity index (χ0) is 12.6. The molecule has 96 valence electrons. The molecule has 0 saturated carbocycles. The van der Waals surface area contributed by atoms with Gasteiger partial charge in [-0.1, -0.05) is 0 Å². The first kappa shape index (κ1) is 13.5. The summed E-state index contributed by atoms with van der Waals surface area (Å²) in [6.45, 7) is 3.51. The van der Waals surface area contributed by atoms with E-state index in [1.165, 1.54) is 11.3 Å². The van der Waals surface area contributed by atoms with E-state index in [-0.39, 0.29) is 0 Å². The molecule has 4 nitrogen and oxygen atoms in total. The van der Waals surface area contributed by atoms with Crippen LogP contribution in [-0.4, -0.2) is 32.4 Å². The van der Waals surface area contributed by atoms with Crippen LogP contribution in [-0.2, 0) is 10.0 Å². The molecule has 1 aliphatic heterocycles. The van der Waals surface area contributed by atoms with E-state index in [4.69, 9.17) is 5.73 Å². The van der Waals surface area contributed by atoms with Crippen molar-refractivity contribution in [3.63, 3.8) is 0 Å². The molecule has 2 heterocycles. The largest absolute Gasteiger partial charge is 0.330 e. The number of nitrogens with two attached hydrogens (primary N) is 1. The fourth-order valence-electron chi connectivity index (χ4n) is 2.03. The van der Waals surface area contributed by atoms with E-state index in [1.807, 2.05) is 6.92 Å².